The first-order valence-corrected chi connectivity index (χ1v) is 8.55. The molecule has 0 spiro atoms. The lowest BCUT2D eigenvalue weighted by Gasteiger charge is -2.12. The van der Waals surface area contributed by atoms with E-state index in [0.717, 1.165) is 17.9 Å². The van der Waals surface area contributed by atoms with E-state index in [1.54, 1.807) is 7.11 Å². The van der Waals surface area contributed by atoms with Crippen molar-refractivity contribution in [1.29, 1.82) is 0 Å². The van der Waals surface area contributed by atoms with E-state index in [1.807, 2.05) is 24.3 Å². The highest BCUT2D eigenvalue weighted by atomic mass is 32.1. The average Bonchev–Trinajstić information content (AvgIpc) is 3.41. The Morgan fingerprint density at radius 2 is 1.92 bits per heavy atom. The van der Waals surface area contributed by atoms with Gasteiger partial charge < -0.3 is 10.1 Å². The number of benzene rings is 2. The molecule has 0 aliphatic heterocycles. The summed E-state index contributed by atoms with van der Waals surface area (Å²) in [6, 6.07) is 15.7. The Labute approximate surface area is 152 Å². The molecule has 2 atom stereocenters. The van der Waals surface area contributed by atoms with E-state index >= 15 is 0 Å². The first-order chi connectivity index (χ1) is 12.1. The Morgan fingerprint density at radius 1 is 1.16 bits per heavy atom. The number of aryl methyl sites for hydroxylation is 1. The summed E-state index contributed by atoms with van der Waals surface area (Å²) in [4.78, 5) is 12.2. The van der Waals surface area contributed by atoms with E-state index in [2.05, 4.69) is 47.4 Å². The molecule has 130 valence electrons. The fourth-order valence-electron chi connectivity index (χ4n) is 2.74. The number of hydrazine groups is 1. The van der Waals surface area contributed by atoms with Gasteiger partial charge in [0.05, 0.1) is 7.11 Å². The highest BCUT2D eigenvalue weighted by Gasteiger charge is 2.43. The number of anilines is 1. The molecule has 0 bridgehead atoms. The van der Waals surface area contributed by atoms with Crippen molar-refractivity contribution in [3.8, 4) is 5.75 Å². The summed E-state index contributed by atoms with van der Waals surface area (Å²) in [5.74, 6) is 0.980. The normalized spacial score (nSPS) is 18.2. The second-order valence-electron chi connectivity index (χ2n) is 6.16. The number of hydrogen-bond acceptors (Lipinski definition) is 3. The molecule has 2 aromatic rings. The van der Waals surface area contributed by atoms with E-state index < -0.39 is 0 Å². The Hall–Kier alpha value is -2.60. The summed E-state index contributed by atoms with van der Waals surface area (Å²) >= 11 is 5.20. The number of rotatable bonds is 4. The summed E-state index contributed by atoms with van der Waals surface area (Å²) in [7, 11) is 1.61. The number of thiocarbonyl (C=S) groups is 1. The van der Waals surface area contributed by atoms with Gasteiger partial charge in [-0.2, -0.15) is 0 Å². The van der Waals surface area contributed by atoms with Gasteiger partial charge in [-0.15, -0.1) is 0 Å². The molecule has 1 amide bonds. The number of ether oxygens (including phenoxy) is 1. The van der Waals surface area contributed by atoms with Gasteiger partial charge in [0, 0.05) is 17.7 Å². The maximum atomic E-state index is 12.2. The van der Waals surface area contributed by atoms with Crippen molar-refractivity contribution >= 4 is 28.9 Å². The number of nitrogens with one attached hydrogen (secondary N) is 3. The van der Waals surface area contributed by atoms with E-state index in [9.17, 15) is 4.79 Å². The lowest BCUT2D eigenvalue weighted by Crippen LogP contribution is -2.44. The molecule has 5 nitrogen and oxygen atoms in total. The highest BCUT2D eigenvalue weighted by molar-refractivity contribution is 7.80. The molecule has 2 aromatic carbocycles. The van der Waals surface area contributed by atoms with Crippen molar-refractivity contribution in [2.45, 2.75) is 19.3 Å². The van der Waals surface area contributed by atoms with Crippen LogP contribution in [0.15, 0.2) is 48.5 Å². The summed E-state index contributed by atoms with van der Waals surface area (Å²) in [6.45, 7) is 2.06. The van der Waals surface area contributed by atoms with E-state index in [0.29, 0.717) is 11.0 Å². The van der Waals surface area contributed by atoms with Gasteiger partial charge in [0.1, 0.15) is 5.75 Å². The third-order valence-corrected chi connectivity index (χ3v) is 4.46. The largest absolute Gasteiger partial charge is 0.497 e. The number of carbonyl (C=O) groups excluding carboxylic acids is 1. The average molecular weight is 355 g/mol. The van der Waals surface area contributed by atoms with E-state index in [4.69, 9.17) is 17.0 Å². The predicted molar refractivity (Wildman–Crippen MR) is 103 cm³/mol. The summed E-state index contributed by atoms with van der Waals surface area (Å²) in [5, 5.41) is 3.33. The molecule has 0 unspecified atom stereocenters. The molecule has 0 saturated heterocycles. The van der Waals surface area contributed by atoms with Crippen LogP contribution in [-0.2, 0) is 4.79 Å². The Morgan fingerprint density at radius 3 is 2.64 bits per heavy atom. The van der Waals surface area contributed by atoms with Crippen molar-refractivity contribution in [2.24, 2.45) is 5.92 Å². The quantitative estimate of drug-likeness (QED) is 0.581. The standard InChI is InChI=1S/C19H21N3O2S/c1-12-6-8-13(9-7-12)16-11-17(16)18(23)21-22-19(25)20-14-4-3-5-15(10-14)24-2/h3-10,16-17H,11H2,1-2H3,(H,21,23)(H2,20,22,25)/t16-,17-/m1/s1. The molecule has 1 fully saturated rings. The number of methoxy groups -OCH3 is 1. The van der Waals surface area contributed by atoms with Crippen molar-refractivity contribution in [3.05, 3.63) is 59.7 Å². The fourth-order valence-corrected chi connectivity index (χ4v) is 2.91. The van der Waals surface area contributed by atoms with Crippen molar-refractivity contribution in [1.82, 2.24) is 10.9 Å². The van der Waals surface area contributed by atoms with Gasteiger partial charge in [-0.05, 0) is 49.2 Å². The highest BCUT2D eigenvalue weighted by Crippen LogP contribution is 2.47. The van der Waals surface area contributed by atoms with Gasteiger partial charge in [-0.1, -0.05) is 35.9 Å². The van der Waals surface area contributed by atoms with Crippen LogP contribution in [0, 0.1) is 12.8 Å². The molecular formula is C19H21N3O2S. The minimum absolute atomic E-state index is 0.00479. The molecule has 3 rings (SSSR count). The summed E-state index contributed by atoms with van der Waals surface area (Å²) in [6.07, 6.45) is 0.868. The SMILES string of the molecule is COc1cccc(NC(=S)NNC(=O)[C@@H]2C[C@@H]2c2ccc(C)cc2)c1. The van der Waals surface area contributed by atoms with Crippen LogP contribution in [-0.4, -0.2) is 18.1 Å². The molecular weight excluding hydrogens is 334 g/mol. The third-order valence-electron chi connectivity index (χ3n) is 4.26. The second kappa shape index (κ2) is 7.53. The molecule has 0 aromatic heterocycles. The van der Waals surface area contributed by atoms with Gasteiger partial charge in [0.2, 0.25) is 5.91 Å². The van der Waals surface area contributed by atoms with Gasteiger partial charge in [-0.3, -0.25) is 15.6 Å². The Kier molecular flexibility index (Phi) is 5.19. The van der Waals surface area contributed by atoms with Gasteiger partial charge in [0.25, 0.3) is 0 Å². The third kappa shape index (κ3) is 4.48. The summed E-state index contributed by atoms with van der Waals surface area (Å²) in [5.41, 5.74) is 8.65. The van der Waals surface area contributed by atoms with Gasteiger partial charge in [0.15, 0.2) is 5.11 Å². The number of hydrogen-bond donors (Lipinski definition) is 3. The zero-order valence-corrected chi connectivity index (χ0v) is 15.0. The predicted octanol–water partition coefficient (Wildman–Crippen LogP) is 3.12. The Balaban J connectivity index is 1.46. The van der Waals surface area contributed by atoms with Gasteiger partial charge >= 0.3 is 0 Å². The van der Waals surface area contributed by atoms with E-state index in [1.165, 1.54) is 11.1 Å². The molecule has 6 heteroatoms. The van der Waals surface area contributed by atoms with Crippen LogP contribution in [0.4, 0.5) is 5.69 Å². The zero-order chi connectivity index (χ0) is 17.8. The topological polar surface area (TPSA) is 62.4 Å². The number of carbonyl (C=O) groups is 1. The lowest BCUT2D eigenvalue weighted by molar-refractivity contribution is -0.122. The van der Waals surface area contributed by atoms with Crippen LogP contribution < -0.4 is 20.9 Å². The van der Waals surface area contributed by atoms with Gasteiger partial charge in [-0.25, -0.2) is 0 Å². The molecule has 3 N–H and O–H groups in total. The van der Waals surface area contributed by atoms with Crippen LogP contribution in [0.3, 0.4) is 0 Å². The van der Waals surface area contributed by atoms with Crippen LogP contribution >= 0.6 is 12.2 Å². The van der Waals surface area contributed by atoms with E-state index in [-0.39, 0.29) is 11.8 Å². The molecule has 1 aliphatic rings. The van der Waals surface area contributed by atoms with Crippen LogP contribution in [0.1, 0.15) is 23.5 Å². The molecule has 1 aliphatic carbocycles. The van der Waals surface area contributed by atoms with Crippen molar-refractivity contribution in [3.63, 3.8) is 0 Å². The fraction of sp³-hybridized carbons (Fsp3) is 0.263. The molecule has 0 radical (unpaired) electrons. The van der Waals surface area contributed by atoms with Crippen LogP contribution in [0.2, 0.25) is 0 Å². The minimum Gasteiger partial charge on any atom is -0.497 e. The van der Waals surface area contributed by atoms with Crippen molar-refractivity contribution < 1.29 is 9.53 Å². The second-order valence-corrected chi connectivity index (χ2v) is 6.57. The molecule has 0 heterocycles. The Bertz CT molecular complexity index is 776. The maximum Gasteiger partial charge on any atom is 0.242 e. The van der Waals surface area contributed by atoms with Crippen LogP contribution in [0.5, 0.6) is 5.75 Å². The molecule has 25 heavy (non-hydrogen) atoms. The lowest BCUT2D eigenvalue weighted by atomic mass is 10.1. The zero-order valence-electron chi connectivity index (χ0n) is 14.2. The van der Waals surface area contributed by atoms with Crippen molar-refractivity contribution in [2.75, 3.05) is 12.4 Å². The smallest absolute Gasteiger partial charge is 0.242 e. The summed E-state index contributed by atoms with van der Waals surface area (Å²) < 4.78 is 5.16. The first-order valence-electron chi connectivity index (χ1n) is 8.14. The monoisotopic (exact) mass is 355 g/mol. The number of amides is 1. The maximum absolute atomic E-state index is 12.2. The van der Waals surface area contributed by atoms with Crippen LogP contribution in [0.25, 0.3) is 0 Å². The molecule has 1 saturated carbocycles. The first kappa shape index (κ1) is 17.2. The minimum atomic E-state index is -0.0413.